The molecule has 0 bridgehead atoms. The summed E-state index contributed by atoms with van der Waals surface area (Å²) in [7, 11) is 4.28. The van der Waals surface area contributed by atoms with Gasteiger partial charge in [0.2, 0.25) is 0 Å². The maximum Gasteiger partial charge on any atom is 0 e. The van der Waals surface area contributed by atoms with Crippen LogP contribution in [0.1, 0.15) is 0 Å². The molecule has 0 atom stereocenters. The summed E-state index contributed by atoms with van der Waals surface area (Å²) < 4.78 is 0. The predicted molar refractivity (Wildman–Crippen MR) is 22.1 cm³/mol. The molecule has 3 heteroatoms. The van der Waals surface area contributed by atoms with Gasteiger partial charge in [0, 0.05) is 21.1 Å². The van der Waals surface area contributed by atoms with Crippen molar-refractivity contribution in [3.8, 4) is 0 Å². The second-order valence-corrected chi connectivity index (χ2v) is 0.158. The zero-order valence-corrected chi connectivity index (χ0v) is 6.57. The first-order valence-corrected chi connectivity index (χ1v) is 1.12. The Kier molecular flexibility index (Phi) is 220. The zero-order chi connectivity index (χ0) is 4.71. The Morgan fingerprint density at radius 3 is 1.67 bits per heavy atom. The molecule has 0 aliphatic heterocycles. The van der Waals surface area contributed by atoms with E-state index in [0.717, 1.165) is 0 Å². The van der Waals surface area contributed by atoms with E-state index in [-0.39, 0.29) is 21.1 Å². The quantitative estimate of drug-likeness (QED) is 0.619. The van der Waals surface area contributed by atoms with E-state index in [4.69, 9.17) is 6.57 Å². The van der Waals surface area contributed by atoms with Gasteiger partial charge < -0.3 is 10.6 Å². The molecule has 2 N–H and O–H groups in total. The van der Waals surface area contributed by atoms with Gasteiger partial charge in [-0.1, -0.05) is 7.05 Å². The minimum absolute atomic E-state index is 0. The molecule has 6 heavy (non-hydrogen) atoms. The first-order valence-electron chi connectivity index (χ1n) is 1.12. The second-order valence-electron chi connectivity index (χ2n) is 0.158. The van der Waals surface area contributed by atoms with Crippen molar-refractivity contribution >= 4 is 0 Å². The van der Waals surface area contributed by atoms with E-state index < -0.39 is 0 Å². The fourth-order valence-corrected chi connectivity index (χ4v) is 0. The van der Waals surface area contributed by atoms with Crippen LogP contribution in [0, 0.1) is 13.6 Å². The van der Waals surface area contributed by atoms with Crippen molar-refractivity contribution in [3.05, 3.63) is 18.5 Å². The summed E-state index contributed by atoms with van der Waals surface area (Å²) in [5, 5.41) is 0. The standard InChI is InChI=1S/C2H2N.CH5N.W/c1-3-2;1-2;/h1H2;2H2,1H3;/q-1;;. The Morgan fingerprint density at radius 2 is 1.67 bits per heavy atom. The van der Waals surface area contributed by atoms with Gasteiger partial charge >= 0.3 is 0 Å². The van der Waals surface area contributed by atoms with Crippen molar-refractivity contribution in [3.63, 3.8) is 0 Å². The van der Waals surface area contributed by atoms with E-state index in [1.165, 1.54) is 7.05 Å². The molecule has 0 fully saturated rings. The van der Waals surface area contributed by atoms with Crippen LogP contribution in [-0.4, -0.2) is 7.05 Å². The van der Waals surface area contributed by atoms with E-state index in [1.54, 1.807) is 0 Å². The smallest absolute Gasteiger partial charge is 0 e. The topological polar surface area (TPSA) is 30.4 Å². The van der Waals surface area contributed by atoms with Crippen molar-refractivity contribution in [2.75, 3.05) is 7.05 Å². The maximum atomic E-state index is 5.72. The molecule has 0 rings (SSSR count). The molecule has 0 radical (unpaired) electrons. The number of hydrogen-bond donors (Lipinski definition) is 1. The first kappa shape index (κ1) is 16.7. The van der Waals surface area contributed by atoms with Gasteiger partial charge in [-0.05, 0) is 7.05 Å². The molecular formula is C3H7N2W-. The van der Waals surface area contributed by atoms with Crippen molar-refractivity contribution in [1.82, 2.24) is 0 Å². The molecule has 0 aliphatic rings. The van der Waals surface area contributed by atoms with Crippen LogP contribution in [0.4, 0.5) is 0 Å². The summed E-state index contributed by atoms with van der Waals surface area (Å²) in [6.07, 6.45) is 0. The Morgan fingerprint density at radius 1 is 1.67 bits per heavy atom. The van der Waals surface area contributed by atoms with Gasteiger partial charge in [-0.25, -0.2) is 0 Å². The minimum atomic E-state index is 0. The Balaban J connectivity index is -0.0000000275. The molecule has 2 nitrogen and oxygen atoms in total. The molecule has 0 saturated carbocycles. The van der Waals surface area contributed by atoms with Gasteiger partial charge in [0.05, 0.1) is 0 Å². The van der Waals surface area contributed by atoms with Crippen LogP contribution < -0.4 is 5.73 Å². The second kappa shape index (κ2) is 79.1. The van der Waals surface area contributed by atoms with Gasteiger partial charge in [-0.3, -0.25) is 6.57 Å². The average Bonchev–Trinajstić information content (AvgIpc) is 1.46. The normalized spacial score (nSPS) is 2.17. The van der Waals surface area contributed by atoms with Gasteiger partial charge in [-0.2, -0.15) is 0 Å². The summed E-state index contributed by atoms with van der Waals surface area (Å²) in [5.41, 5.74) is 4.50. The molecule has 0 amide bonds. The Bertz CT molecular complexity index is 30.3. The van der Waals surface area contributed by atoms with Crippen LogP contribution in [0.15, 0.2) is 0 Å². The molecule has 0 aromatic carbocycles. The first-order chi connectivity index (χ1) is 2.41. The van der Waals surface area contributed by atoms with Gasteiger partial charge in [0.1, 0.15) is 0 Å². The molecule has 0 heterocycles. The van der Waals surface area contributed by atoms with E-state index in [9.17, 15) is 0 Å². The third-order valence-electron chi connectivity index (χ3n) is 0. The Hall–Kier alpha value is 0.00831. The third kappa shape index (κ3) is 525000. The largest absolute Gasteiger partial charge is 0.464 e. The predicted octanol–water partition coefficient (Wildman–Crippen LogP) is 0.270. The third-order valence-corrected chi connectivity index (χ3v) is 0. The fraction of sp³-hybridized carbons (Fsp3) is 0.333. The summed E-state index contributed by atoms with van der Waals surface area (Å²) in [4.78, 5) is 2.50. The van der Waals surface area contributed by atoms with Crippen LogP contribution >= 0.6 is 0 Å². The van der Waals surface area contributed by atoms with E-state index in [2.05, 4.69) is 17.6 Å². The molecule has 0 aromatic rings. The Labute approximate surface area is 52.8 Å². The van der Waals surface area contributed by atoms with Crippen molar-refractivity contribution in [2.45, 2.75) is 0 Å². The summed E-state index contributed by atoms with van der Waals surface area (Å²) in [6, 6.07) is 0. The minimum Gasteiger partial charge on any atom is -0.464 e. The SMILES string of the molecule is CN.[C-]#[N+][CH2-].[W]. The van der Waals surface area contributed by atoms with Gasteiger partial charge in [-0.15, -0.1) is 0 Å². The monoisotopic (exact) mass is 255 g/mol. The number of nitrogens with zero attached hydrogens (tertiary/aromatic N) is 1. The van der Waals surface area contributed by atoms with E-state index in [0.29, 0.717) is 0 Å². The van der Waals surface area contributed by atoms with Gasteiger partial charge in [0.15, 0.2) is 0 Å². The van der Waals surface area contributed by atoms with Crippen LogP contribution in [0.3, 0.4) is 0 Å². The molecule has 36 valence electrons. The molecule has 0 saturated heterocycles. The maximum absolute atomic E-state index is 5.72. The summed E-state index contributed by atoms with van der Waals surface area (Å²) in [6.45, 7) is 5.72. The average molecular weight is 255 g/mol. The van der Waals surface area contributed by atoms with Crippen LogP contribution in [0.25, 0.3) is 4.85 Å². The van der Waals surface area contributed by atoms with Gasteiger partial charge in [0.25, 0.3) is 0 Å². The summed E-state index contributed by atoms with van der Waals surface area (Å²) >= 11 is 0. The van der Waals surface area contributed by atoms with Crippen molar-refractivity contribution in [2.24, 2.45) is 5.73 Å². The fourth-order valence-electron chi connectivity index (χ4n) is 0. The molecule has 0 aromatic heterocycles. The van der Waals surface area contributed by atoms with Crippen molar-refractivity contribution in [1.29, 1.82) is 0 Å². The van der Waals surface area contributed by atoms with E-state index in [1.807, 2.05) is 0 Å². The van der Waals surface area contributed by atoms with Crippen LogP contribution in [-0.2, 0) is 21.1 Å². The molecule has 0 unspecified atom stereocenters. The number of rotatable bonds is 0. The molecule has 0 aliphatic carbocycles. The number of hydrogen-bond acceptors (Lipinski definition) is 1. The van der Waals surface area contributed by atoms with Crippen molar-refractivity contribution < 1.29 is 21.1 Å². The molecule has 0 spiro atoms. The van der Waals surface area contributed by atoms with Crippen LogP contribution in [0.5, 0.6) is 0 Å². The summed E-state index contributed by atoms with van der Waals surface area (Å²) in [5.74, 6) is 0. The number of nitrogens with two attached hydrogens (primary N) is 1. The zero-order valence-electron chi connectivity index (χ0n) is 3.64. The molecular weight excluding hydrogens is 248 g/mol. The van der Waals surface area contributed by atoms with Crippen LogP contribution in [0.2, 0.25) is 0 Å². The van der Waals surface area contributed by atoms with E-state index >= 15 is 0 Å².